The second kappa shape index (κ2) is 4.68. The van der Waals surface area contributed by atoms with Crippen LogP contribution in [0.2, 0.25) is 0 Å². The molecule has 1 rings (SSSR count). The number of methoxy groups -OCH3 is 1. The summed E-state index contributed by atoms with van der Waals surface area (Å²) in [5, 5.41) is 0. The highest BCUT2D eigenvalue weighted by molar-refractivity contribution is 5.83. The molecule has 0 aromatic carbocycles. The molecule has 0 spiro atoms. The van der Waals surface area contributed by atoms with E-state index in [1.807, 2.05) is 13.8 Å². The molecule has 0 heterocycles. The van der Waals surface area contributed by atoms with Gasteiger partial charge in [0.15, 0.2) is 0 Å². The van der Waals surface area contributed by atoms with E-state index in [-0.39, 0.29) is 23.2 Å². The summed E-state index contributed by atoms with van der Waals surface area (Å²) in [5.41, 5.74) is -0.128. The minimum absolute atomic E-state index is 0.0608. The summed E-state index contributed by atoms with van der Waals surface area (Å²) >= 11 is 0. The van der Waals surface area contributed by atoms with Crippen LogP contribution in [0.5, 0.6) is 0 Å². The molecule has 1 aliphatic rings. The van der Waals surface area contributed by atoms with E-state index in [0.29, 0.717) is 6.61 Å². The van der Waals surface area contributed by atoms with Crippen LogP contribution in [0, 0.1) is 17.3 Å². The molecular formula is C12H18O4. The van der Waals surface area contributed by atoms with E-state index >= 15 is 0 Å². The van der Waals surface area contributed by atoms with Gasteiger partial charge >= 0.3 is 11.9 Å². The zero-order valence-electron chi connectivity index (χ0n) is 10.1. The minimum Gasteiger partial charge on any atom is -0.466 e. The molecule has 4 heteroatoms. The van der Waals surface area contributed by atoms with Gasteiger partial charge in [-0.15, -0.1) is 0 Å². The van der Waals surface area contributed by atoms with E-state index in [2.05, 4.69) is 4.74 Å². The third-order valence-electron chi connectivity index (χ3n) is 3.09. The lowest BCUT2D eigenvalue weighted by Crippen LogP contribution is -2.10. The Kier molecular flexibility index (Phi) is 3.73. The molecule has 1 aliphatic carbocycles. The number of allylic oxidation sites excluding steroid dienone is 1. The van der Waals surface area contributed by atoms with Crippen molar-refractivity contribution in [2.45, 2.75) is 20.8 Å². The zero-order valence-corrected chi connectivity index (χ0v) is 10.1. The van der Waals surface area contributed by atoms with Gasteiger partial charge in [0, 0.05) is 6.08 Å². The molecule has 0 amide bonds. The first kappa shape index (κ1) is 12.7. The van der Waals surface area contributed by atoms with E-state index < -0.39 is 5.97 Å². The first-order valence-electron chi connectivity index (χ1n) is 5.38. The third-order valence-corrected chi connectivity index (χ3v) is 3.09. The summed E-state index contributed by atoms with van der Waals surface area (Å²) < 4.78 is 9.47. The minimum atomic E-state index is -0.398. The molecule has 0 N–H and O–H groups in total. The largest absolute Gasteiger partial charge is 0.466 e. The van der Waals surface area contributed by atoms with Gasteiger partial charge in [0.1, 0.15) is 0 Å². The van der Waals surface area contributed by atoms with E-state index in [9.17, 15) is 9.59 Å². The molecule has 0 aliphatic heterocycles. The Balaban J connectivity index is 2.60. The average Bonchev–Trinajstić information content (AvgIpc) is 2.77. The van der Waals surface area contributed by atoms with Crippen LogP contribution in [0.3, 0.4) is 0 Å². The van der Waals surface area contributed by atoms with Crippen molar-refractivity contribution in [3.63, 3.8) is 0 Å². The Labute approximate surface area is 95.6 Å². The van der Waals surface area contributed by atoms with Gasteiger partial charge < -0.3 is 9.47 Å². The number of carbonyl (C=O) groups is 2. The van der Waals surface area contributed by atoms with Gasteiger partial charge in [0.25, 0.3) is 0 Å². The van der Waals surface area contributed by atoms with Crippen LogP contribution in [0.25, 0.3) is 0 Å². The first-order chi connectivity index (χ1) is 7.45. The molecule has 0 unspecified atom stereocenters. The Bertz CT molecular complexity index is 317. The normalized spacial score (nSPS) is 26.5. The summed E-state index contributed by atoms with van der Waals surface area (Å²) in [7, 11) is 1.33. The number of ether oxygens (including phenoxy) is 2. The lowest BCUT2D eigenvalue weighted by Gasteiger charge is -2.01. The quantitative estimate of drug-likeness (QED) is 0.539. The predicted molar refractivity (Wildman–Crippen MR) is 58.6 cm³/mol. The number of hydrogen-bond donors (Lipinski definition) is 0. The molecule has 0 bridgehead atoms. The fourth-order valence-corrected chi connectivity index (χ4v) is 1.97. The maximum Gasteiger partial charge on any atom is 0.330 e. The Hall–Kier alpha value is -1.32. The van der Waals surface area contributed by atoms with Crippen LogP contribution in [0.15, 0.2) is 12.2 Å². The van der Waals surface area contributed by atoms with Crippen LogP contribution in [-0.4, -0.2) is 25.7 Å². The number of rotatable bonds is 4. The second-order valence-electron chi connectivity index (χ2n) is 4.46. The molecule has 16 heavy (non-hydrogen) atoms. The van der Waals surface area contributed by atoms with Crippen molar-refractivity contribution in [1.29, 1.82) is 0 Å². The standard InChI is InChI=1S/C12H18O4/c1-5-16-11(14)10-8(12(10,2)3)6-7-9(13)15-4/h6-8,10H,5H2,1-4H3/t8-,10+/m1/s1. The summed E-state index contributed by atoms with van der Waals surface area (Å²) in [6.07, 6.45) is 3.10. The Morgan fingerprint density at radius 1 is 1.38 bits per heavy atom. The molecule has 0 radical (unpaired) electrons. The monoisotopic (exact) mass is 226 g/mol. The molecule has 0 saturated heterocycles. The van der Waals surface area contributed by atoms with Crippen molar-refractivity contribution in [2.75, 3.05) is 13.7 Å². The van der Waals surface area contributed by atoms with Crippen LogP contribution < -0.4 is 0 Å². The van der Waals surface area contributed by atoms with E-state index in [0.717, 1.165) is 0 Å². The van der Waals surface area contributed by atoms with Gasteiger partial charge in [-0.2, -0.15) is 0 Å². The van der Waals surface area contributed by atoms with E-state index in [4.69, 9.17) is 4.74 Å². The maximum atomic E-state index is 11.6. The highest BCUT2D eigenvalue weighted by Crippen LogP contribution is 2.59. The van der Waals surface area contributed by atoms with Crippen molar-refractivity contribution < 1.29 is 19.1 Å². The Morgan fingerprint density at radius 2 is 2.00 bits per heavy atom. The molecule has 0 aromatic rings. The van der Waals surface area contributed by atoms with Crippen LogP contribution in [-0.2, 0) is 19.1 Å². The maximum absolute atomic E-state index is 11.6. The van der Waals surface area contributed by atoms with Crippen LogP contribution in [0.4, 0.5) is 0 Å². The molecule has 2 atom stereocenters. The highest BCUT2D eigenvalue weighted by Gasteiger charge is 2.61. The topological polar surface area (TPSA) is 52.6 Å². The average molecular weight is 226 g/mol. The van der Waals surface area contributed by atoms with E-state index in [1.165, 1.54) is 13.2 Å². The van der Waals surface area contributed by atoms with Gasteiger partial charge in [-0.1, -0.05) is 19.9 Å². The Morgan fingerprint density at radius 3 is 2.50 bits per heavy atom. The van der Waals surface area contributed by atoms with Gasteiger partial charge in [0.05, 0.1) is 19.6 Å². The fraction of sp³-hybridized carbons (Fsp3) is 0.667. The van der Waals surface area contributed by atoms with Crippen molar-refractivity contribution in [2.24, 2.45) is 17.3 Å². The molecule has 1 fully saturated rings. The first-order valence-corrected chi connectivity index (χ1v) is 5.38. The van der Waals surface area contributed by atoms with Crippen molar-refractivity contribution in [1.82, 2.24) is 0 Å². The van der Waals surface area contributed by atoms with Crippen molar-refractivity contribution in [3.8, 4) is 0 Å². The second-order valence-corrected chi connectivity index (χ2v) is 4.46. The van der Waals surface area contributed by atoms with Crippen molar-refractivity contribution >= 4 is 11.9 Å². The summed E-state index contributed by atoms with van der Waals surface area (Å²) in [5.74, 6) is -0.670. The molecule has 0 aromatic heterocycles. The number of carbonyl (C=O) groups excluding carboxylic acids is 2. The van der Waals surface area contributed by atoms with Crippen molar-refractivity contribution in [3.05, 3.63) is 12.2 Å². The van der Waals surface area contributed by atoms with E-state index in [1.54, 1.807) is 13.0 Å². The highest BCUT2D eigenvalue weighted by atomic mass is 16.5. The fourth-order valence-electron chi connectivity index (χ4n) is 1.97. The summed E-state index contributed by atoms with van der Waals surface area (Å²) in [6.45, 7) is 6.15. The predicted octanol–water partition coefficient (Wildman–Crippen LogP) is 1.55. The summed E-state index contributed by atoms with van der Waals surface area (Å²) in [4.78, 5) is 22.5. The SMILES string of the molecule is CCOC(=O)[C@@H]1[C@@H](C=CC(=O)OC)C1(C)C. The molecule has 4 nitrogen and oxygen atoms in total. The van der Waals surface area contributed by atoms with Crippen LogP contribution in [0.1, 0.15) is 20.8 Å². The number of hydrogen-bond acceptors (Lipinski definition) is 4. The van der Waals surface area contributed by atoms with Gasteiger partial charge in [0.2, 0.25) is 0 Å². The smallest absolute Gasteiger partial charge is 0.330 e. The zero-order chi connectivity index (χ0) is 12.3. The lowest BCUT2D eigenvalue weighted by molar-refractivity contribution is -0.145. The molecule has 90 valence electrons. The van der Waals surface area contributed by atoms with Gasteiger partial charge in [-0.05, 0) is 18.3 Å². The summed E-state index contributed by atoms with van der Waals surface area (Å²) in [6, 6.07) is 0. The van der Waals surface area contributed by atoms with Crippen LogP contribution >= 0.6 is 0 Å². The van der Waals surface area contributed by atoms with Gasteiger partial charge in [-0.25, -0.2) is 4.79 Å². The number of esters is 2. The molecule has 1 saturated carbocycles. The molecular weight excluding hydrogens is 208 g/mol. The third kappa shape index (κ3) is 2.43. The lowest BCUT2D eigenvalue weighted by atomic mass is 10.1. The van der Waals surface area contributed by atoms with Gasteiger partial charge in [-0.3, -0.25) is 4.79 Å².